The summed E-state index contributed by atoms with van der Waals surface area (Å²) in [5.74, 6) is 0.655. The van der Waals surface area contributed by atoms with E-state index in [0.29, 0.717) is 10.0 Å². The summed E-state index contributed by atoms with van der Waals surface area (Å²) in [5, 5.41) is 2.88. The minimum Gasteiger partial charge on any atom is -0.383 e. The predicted octanol–water partition coefficient (Wildman–Crippen LogP) is 2.03. The first-order valence-corrected chi connectivity index (χ1v) is 6.62. The fourth-order valence-corrected chi connectivity index (χ4v) is 2.03. The maximum atomic E-state index is 12.2. The average Bonchev–Trinajstić information content (AvgIpc) is 2.92. The molecule has 100 valence electrons. The average molecular weight is 324 g/mol. The van der Waals surface area contributed by atoms with Gasteiger partial charge in [-0.1, -0.05) is 6.92 Å². The van der Waals surface area contributed by atoms with Gasteiger partial charge >= 0.3 is 0 Å². The van der Waals surface area contributed by atoms with Crippen LogP contribution in [0.15, 0.2) is 29.1 Å². The molecule has 1 unspecified atom stereocenters. The highest BCUT2D eigenvalue weighted by atomic mass is 79.9. The molecular formula is C12H14BrN5O. The number of anilines is 1. The zero-order valence-electron chi connectivity index (χ0n) is 10.4. The monoisotopic (exact) mass is 323 g/mol. The van der Waals surface area contributed by atoms with Crippen molar-refractivity contribution < 1.29 is 4.79 Å². The van der Waals surface area contributed by atoms with Crippen LogP contribution in [0, 0.1) is 0 Å². The Balaban J connectivity index is 2.18. The zero-order valence-corrected chi connectivity index (χ0v) is 11.9. The molecule has 0 aromatic carbocycles. The number of nitrogen functional groups attached to an aromatic ring is 1. The summed E-state index contributed by atoms with van der Waals surface area (Å²) in [5.41, 5.74) is 6.06. The van der Waals surface area contributed by atoms with Gasteiger partial charge in [0.1, 0.15) is 11.6 Å². The number of carbonyl (C=O) groups is 1. The molecule has 0 spiro atoms. The van der Waals surface area contributed by atoms with Gasteiger partial charge in [0.25, 0.3) is 5.91 Å². The number of aromatic amines is 1. The number of aromatic nitrogens is 3. The highest BCUT2D eigenvalue weighted by Crippen LogP contribution is 2.18. The number of nitrogens with zero attached hydrogens (tertiary/aromatic N) is 2. The predicted molar refractivity (Wildman–Crippen MR) is 75.4 cm³/mol. The topological polar surface area (TPSA) is 96.7 Å². The Morgan fingerprint density at radius 1 is 1.58 bits per heavy atom. The summed E-state index contributed by atoms with van der Waals surface area (Å²) < 4.78 is 0.706. The Hall–Kier alpha value is -1.89. The quantitative estimate of drug-likeness (QED) is 0.802. The van der Waals surface area contributed by atoms with E-state index in [9.17, 15) is 4.79 Å². The van der Waals surface area contributed by atoms with Crippen molar-refractivity contribution in [2.75, 3.05) is 5.73 Å². The first-order chi connectivity index (χ1) is 9.11. The van der Waals surface area contributed by atoms with Crippen molar-refractivity contribution in [3.63, 3.8) is 0 Å². The molecule has 0 aliphatic rings. The molecule has 0 aliphatic heterocycles. The number of hydrogen-bond acceptors (Lipinski definition) is 4. The molecule has 0 saturated heterocycles. The van der Waals surface area contributed by atoms with Crippen LogP contribution in [0.3, 0.4) is 0 Å². The number of carbonyl (C=O) groups excluding carboxylic acids is 1. The molecule has 0 fully saturated rings. The van der Waals surface area contributed by atoms with Gasteiger partial charge in [-0.25, -0.2) is 9.97 Å². The van der Waals surface area contributed by atoms with Gasteiger partial charge in [-0.2, -0.15) is 0 Å². The zero-order chi connectivity index (χ0) is 13.8. The number of rotatable bonds is 4. The molecule has 7 heteroatoms. The summed E-state index contributed by atoms with van der Waals surface area (Å²) in [6, 6.07) is 1.47. The van der Waals surface area contributed by atoms with Crippen molar-refractivity contribution >= 4 is 27.7 Å². The lowest BCUT2D eigenvalue weighted by Crippen LogP contribution is -2.29. The van der Waals surface area contributed by atoms with Crippen LogP contribution in [-0.2, 0) is 0 Å². The molecule has 0 saturated carbocycles. The fraction of sp³-hybridized carbons (Fsp3) is 0.250. The van der Waals surface area contributed by atoms with E-state index >= 15 is 0 Å². The number of pyridine rings is 1. The second kappa shape index (κ2) is 5.83. The minimum absolute atomic E-state index is 0.180. The number of hydrogen-bond donors (Lipinski definition) is 3. The summed E-state index contributed by atoms with van der Waals surface area (Å²) in [6.07, 6.45) is 5.65. The van der Waals surface area contributed by atoms with E-state index in [4.69, 9.17) is 5.73 Å². The van der Waals surface area contributed by atoms with Crippen LogP contribution in [0.4, 0.5) is 5.82 Å². The minimum atomic E-state index is -0.269. The number of nitrogens with two attached hydrogens (primary N) is 1. The third kappa shape index (κ3) is 3.11. The third-order valence-corrected chi connectivity index (χ3v) is 3.13. The SMILES string of the molecule is CCC(NC(=O)c1cc(Br)cnc1N)c1ncc[nH]1. The van der Waals surface area contributed by atoms with E-state index < -0.39 is 0 Å². The van der Waals surface area contributed by atoms with Gasteiger partial charge in [0.15, 0.2) is 0 Å². The van der Waals surface area contributed by atoms with Gasteiger partial charge < -0.3 is 16.0 Å². The van der Waals surface area contributed by atoms with Gasteiger partial charge in [-0.15, -0.1) is 0 Å². The van der Waals surface area contributed by atoms with Gasteiger partial charge in [-0.05, 0) is 28.4 Å². The van der Waals surface area contributed by atoms with Crippen molar-refractivity contribution in [2.45, 2.75) is 19.4 Å². The molecule has 1 amide bonds. The standard InChI is InChI=1S/C12H14BrN5O/c1-2-9(11-15-3-4-16-11)18-12(19)8-5-7(13)6-17-10(8)14/h3-6,9H,2H2,1H3,(H2,14,17)(H,15,16)(H,18,19). The van der Waals surface area contributed by atoms with Crippen LogP contribution in [-0.4, -0.2) is 20.9 Å². The summed E-state index contributed by atoms with van der Waals surface area (Å²) in [7, 11) is 0. The lowest BCUT2D eigenvalue weighted by Gasteiger charge is -2.15. The molecule has 2 aromatic heterocycles. The summed E-state index contributed by atoms with van der Waals surface area (Å²) >= 11 is 3.27. The highest BCUT2D eigenvalue weighted by molar-refractivity contribution is 9.10. The summed E-state index contributed by atoms with van der Waals surface area (Å²) in [4.78, 5) is 23.3. The first-order valence-electron chi connectivity index (χ1n) is 5.83. The van der Waals surface area contributed by atoms with Gasteiger partial charge in [0.2, 0.25) is 0 Å². The number of H-pyrrole nitrogens is 1. The Bertz CT molecular complexity index is 570. The van der Waals surface area contributed by atoms with Crippen molar-refractivity contribution in [1.29, 1.82) is 0 Å². The molecular weight excluding hydrogens is 310 g/mol. The van der Waals surface area contributed by atoms with Crippen LogP contribution in [0.5, 0.6) is 0 Å². The number of imidazole rings is 1. The fourth-order valence-electron chi connectivity index (χ4n) is 1.70. The first kappa shape index (κ1) is 13.5. The van der Waals surface area contributed by atoms with Crippen molar-refractivity contribution in [2.24, 2.45) is 0 Å². The van der Waals surface area contributed by atoms with E-state index in [0.717, 1.165) is 12.2 Å². The second-order valence-electron chi connectivity index (χ2n) is 4.00. The molecule has 4 N–H and O–H groups in total. The van der Waals surface area contributed by atoms with Crippen molar-refractivity contribution in [3.05, 3.63) is 40.5 Å². The van der Waals surface area contributed by atoms with E-state index in [1.54, 1.807) is 24.7 Å². The molecule has 2 heterocycles. The maximum absolute atomic E-state index is 12.2. The lowest BCUT2D eigenvalue weighted by atomic mass is 10.2. The normalized spacial score (nSPS) is 12.1. The number of amides is 1. The van der Waals surface area contributed by atoms with Crippen LogP contribution in [0.25, 0.3) is 0 Å². The Labute approximate surface area is 119 Å². The van der Waals surface area contributed by atoms with Crippen LogP contribution in [0.1, 0.15) is 35.6 Å². The molecule has 19 heavy (non-hydrogen) atoms. The molecule has 6 nitrogen and oxygen atoms in total. The van der Waals surface area contributed by atoms with Gasteiger partial charge in [0, 0.05) is 23.1 Å². The largest absolute Gasteiger partial charge is 0.383 e. The Morgan fingerprint density at radius 2 is 2.37 bits per heavy atom. The molecule has 0 aliphatic carbocycles. The van der Waals surface area contributed by atoms with Crippen molar-refractivity contribution in [1.82, 2.24) is 20.3 Å². The van der Waals surface area contributed by atoms with E-state index in [-0.39, 0.29) is 17.8 Å². The molecule has 0 bridgehead atoms. The number of halogens is 1. The summed E-state index contributed by atoms with van der Waals surface area (Å²) in [6.45, 7) is 1.97. The molecule has 2 aromatic rings. The van der Waals surface area contributed by atoms with E-state index in [1.165, 1.54) is 0 Å². The van der Waals surface area contributed by atoms with Crippen LogP contribution in [0.2, 0.25) is 0 Å². The van der Waals surface area contributed by atoms with E-state index in [2.05, 4.69) is 36.2 Å². The molecule has 2 rings (SSSR count). The lowest BCUT2D eigenvalue weighted by molar-refractivity contribution is 0.0934. The van der Waals surface area contributed by atoms with Crippen LogP contribution < -0.4 is 11.1 Å². The van der Waals surface area contributed by atoms with Gasteiger partial charge in [0.05, 0.1) is 11.6 Å². The Kier molecular flexibility index (Phi) is 4.16. The smallest absolute Gasteiger partial charge is 0.255 e. The third-order valence-electron chi connectivity index (χ3n) is 2.69. The molecule has 1 atom stereocenters. The van der Waals surface area contributed by atoms with Crippen LogP contribution >= 0.6 is 15.9 Å². The second-order valence-corrected chi connectivity index (χ2v) is 4.91. The Morgan fingerprint density at radius 3 is 3.00 bits per heavy atom. The molecule has 0 radical (unpaired) electrons. The number of nitrogens with one attached hydrogen (secondary N) is 2. The highest BCUT2D eigenvalue weighted by Gasteiger charge is 2.18. The van der Waals surface area contributed by atoms with E-state index in [1.807, 2.05) is 6.92 Å². The van der Waals surface area contributed by atoms with Crippen molar-refractivity contribution in [3.8, 4) is 0 Å². The maximum Gasteiger partial charge on any atom is 0.255 e. The van der Waals surface area contributed by atoms with Gasteiger partial charge in [-0.3, -0.25) is 4.79 Å².